The number of carbonyl (C=O) groups excluding carboxylic acids is 1. The fourth-order valence-electron chi connectivity index (χ4n) is 2.92. The highest BCUT2D eigenvalue weighted by molar-refractivity contribution is 5.85. The number of hydrogen-bond acceptors (Lipinski definition) is 7. The maximum absolute atomic E-state index is 12.0. The minimum atomic E-state index is -0.244. The van der Waals surface area contributed by atoms with Gasteiger partial charge in [-0.15, -0.1) is 0 Å². The van der Waals surface area contributed by atoms with E-state index < -0.39 is 0 Å². The molecule has 2 fully saturated rings. The van der Waals surface area contributed by atoms with Crippen LogP contribution in [0.4, 0.5) is 17.8 Å². The first-order valence-electron chi connectivity index (χ1n) is 7.50. The van der Waals surface area contributed by atoms with E-state index in [2.05, 4.69) is 25.2 Å². The smallest absolute Gasteiger partial charge is 0.242 e. The second-order valence-corrected chi connectivity index (χ2v) is 5.40. The van der Waals surface area contributed by atoms with Crippen molar-refractivity contribution in [3.8, 4) is 0 Å². The molecular weight excluding hydrogens is 270 g/mol. The van der Waals surface area contributed by atoms with Crippen LogP contribution < -0.4 is 20.9 Å². The lowest BCUT2D eigenvalue weighted by Crippen LogP contribution is -2.55. The molecule has 1 unspecified atom stereocenters. The number of nitrogen functional groups attached to an aromatic ring is 1. The quantitative estimate of drug-likeness (QED) is 0.793. The number of carbonyl (C=O) groups is 1. The van der Waals surface area contributed by atoms with Gasteiger partial charge in [0.15, 0.2) is 0 Å². The number of rotatable bonds is 3. The van der Waals surface area contributed by atoms with E-state index in [0.29, 0.717) is 31.4 Å². The van der Waals surface area contributed by atoms with Crippen LogP contribution in [-0.4, -0.2) is 53.1 Å². The number of piperazine rings is 1. The van der Waals surface area contributed by atoms with Crippen LogP contribution in [0.5, 0.6) is 0 Å². The Hall–Kier alpha value is -2.12. The third kappa shape index (κ3) is 2.70. The highest BCUT2D eigenvalue weighted by Gasteiger charge is 2.31. The van der Waals surface area contributed by atoms with E-state index in [0.717, 1.165) is 25.9 Å². The summed E-state index contributed by atoms with van der Waals surface area (Å²) in [5.74, 6) is 1.36. The Morgan fingerprint density at radius 3 is 2.62 bits per heavy atom. The third-order valence-electron chi connectivity index (χ3n) is 3.99. The van der Waals surface area contributed by atoms with Crippen LogP contribution in [0.2, 0.25) is 0 Å². The van der Waals surface area contributed by atoms with Crippen molar-refractivity contribution in [2.75, 3.05) is 41.7 Å². The van der Waals surface area contributed by atoms with Crippen molar-refractivity contribution in [2.24, 2.45) is 0 Å². The first kappa shape index (κ1) is 13.8. The maximum atomic E-state index is 12.0. The minimum absolute atomic E-state index is 0.0189. The normalized spacial score (nSPS) is 22.5. The van der Waals surface area contributed by atoms with E-state index >= 15 is 0 Å². The van der Waals surface area contributed by atoms with Gasteiger partial charge in [-0.1, -0.05) is 6.92 Å². The summed E-state index contributed by atoms with van der Waals surface area (Å²) in [6.07, 6.45) is 2.99. The average Bonchev–Trinajstić information content (AvgIpc) is 3.00. The molecule has 2 aliphatic heterocycles. The van der Waals surface area contributed by atoms with Gasteiger partial charge in [-0.3, -0.25) is 4.79 Å². The highest BCUT2D eigenvalue weighted by Crippen LogP contribution is 2.22. The summed E-state index contributed by atoms with van der Waals surface area (Å²) < 4.78 is 0. The zero-order valence-corrected chi connectivity index (χ0v) is 12.2. The van der Waals surface area contributed by atoms with Gasteiger partial charge in [0.1, 0.15) is 6.04 Å². The van der Waals surface area contributed by atoms with Gasteiger partial charge >= 0.3 is 0 Å². The molecule has 1 atom stereocenters. The molecule has 3 rings (SSSR count). The van der Waals surface area contributed by atoms with Crippen molar-refractivity contribution in [1.29, 1.82) is 0 Å². The average molecular weight is 291 g/mol. The number of nitrogens with one attached hydrogen (secondary N) is 1. The molecule has 0 saturated carbocycles. The monoisotopic (exact) mass is 291 g/mol. The van der Waals surface area contributed by atoms with E-state index in [9.17, 15) is 4.79 Å². The van der Waals surface area contributed by atoms with Crippen molar-refractivity contribution in [3.63, 3.8) is 0 Å². The first-order chi connectivity index (χ1) is 10.2. The molecule has 8 nitrogen and oxygen atoms in total. The summed E-state index contributed by atoms with van der Waals surface area (Å²) in [6.45, 7) is 5.16. The summed E-state index contributed by atoms with van der Waals surface area (Å²) in [6, 6.07) is -0.244. The molecule has 0 radical (unpaired) electrons. The van der Waals surface area contributed by atoms with Gasteiger partial charge < -0.3 is 20.9 Å². The lowest BCUT2D eigenvalue weighted by Gasteiger charge is -2.34. The molecule has 3 heterocycles. The fraction of sp³-hybridized carbons (Fsp3) is 0.692. The molecule has 1 amide bonds. The number of hydrogen-bond donors (Lipinski definition) is 2. The van der Waals surface area contributed by atoms with E-state index in [-0.39, 0.29) is 17.9 Å². The fourth-order valence-corrected chi connectivity index (χ4v) is 2.92. The van der Waals surface area contributed by atoms with E-state index in [1.54, 1.807) is 0 Å². The van der Waals surface area contributed by atoms with E-state index in [4.69, 9.17) is 5.73 Å². The van der Waals surface area contributed by atoms with Gasteiger partial charge in [-0.05, 0) is 19.3 Å². The maximum Gasteiger partial charge on any atom is 0.242 e. The van der Waals surface area contributed by atoms with Crippen molar-refractivity contribution in [3.05, 3.63) is 0 Å². The van der Waals surface area contributed by atoms with Crippen molar-refractivity contribution < 1.29 is 4.79 Å². The summed E-state index contributed by atoms with van der Waals surface area (Å²) in [4.78, 5) is 29.0. The molecule has 2 aliphatic rings. The number of nitrogens with two attached hydrogens (primary N) is 1. The number of nitrogens with zero attached hydrogens (tertiary/aromatic N) is 5. The zero-order chi connectivity index (χ0) is 14.8. The second kappa shape index (κ2) is 5.71. The van der Waals surface area contributed by atoms with E-state index in [1.807, 2.05) is 11.8 Å². The van der Waals surface area contributed by atoms with Crippen LogP contribution in [0.25, 0.3) is 0 Å². The van der Waals surface area contributed by atoms with Crippen LogP contribution >= 0.6 is 0 Å². The van der Waals surface area contributed by atoms with E-state index in [1.165, 1.54) is 0 Å². The lowest BCUT2D eigenvalue weighted by atomic mass is 10.1. The van der Waals surface area contributed by atoms with Gasteiger partial charge in [0.05, 0.1) is 0 Å². The number of aromatic nitrogens is 3. The summed E-state index contributed by atoms with van der Waals surface area (Å²) >= 11 is 0. The van der Waals surface area contributed by atoms with Gasteiger partial charge in [0, 0.05) is 26.2 Å². The molecule has 0 aromatic carbocycles. The van der Waals surface area contributed by atoms with Crippen LogP contribution in [0.3, 0.4) is 0 Å². The summed E-state index contributed by atoms with van der Waals surface area (Å²) in [5.41, 5.74) is 5.84. The molecule has 0 aliphatic carbocycles. The van der Waals surface area contributed by atoms with Crippen LogP contribution in [0.15, 0.2) is 0 Å². The Morgan fingerprint density at radius 1 is 1.19 bits per heavy atom. The summed E-state index contributed by atoms with van der Waals surface area (Å²) in [5, 5.41) is 2.87. The van der Waals surface area contributed by atoms with Crippen LogP contribution in [-0.2, 0) is 4.79 Å². The Labute approximate surface area is 123 Å². The highest BCUT2D eigenvalue weighted by atomic mass is 16.2. The molecule has 3 N–H and O–H groups in total. The second-order valence-electron chi connectivity index (χ2n) is 5.40. The Morgan fingerprint density at radius 2 is 1.90 bits per heavy atom. The van der Waals surface area contributed by atoms with Gasteiger partial charge in [-0.25, -0.2) is 0 Å². The van der Waals surface area contributed by atoms with Crippen molar-refractivity contribution in [1.82, 2.24) is 20.3 Å². The summed E-state index contributed by atoms with van der Waals surface area (Å²) in [7, 11) is 0. The molecule has 1 aromatic rings. The number of anilines is 3. The lowest BCUT2D eigenvalue weighted by molar-refractivity contribution is -0.123. The van der Waals surface area contributed by atoms with Gasteiger partial charge in [-0.2, -0.15) is 15.0 Å². The molecule has 114 valence electrons. The molecular formula is C13H21N7O. The van der Waals surface area contributed by atoms with Gasteiger partial charge in [0.2, 0.25) is 23.8 Å². The molecule has 21 heavy (non-hydrogen) atoms. The SMILES string of the molecule is CCC1C(=O)NCCN1c1nc(N)nc(N2CCCC2)n1. The van der Waals surface area contributed by atoms with Crippen molar-refractivity contribution >= 4 is 23.8 Å². The molecule has 8 heteroatoms. The van der Waals surface area contributed by atoms with Crippen LogP contribution in [0.1, 0.15) is 26.2 Å². The number of amides is 1. The molecule has 0 spiro atoms. The zero-order valence-electron chi connectivity index (χ0n) is 12.2. The topological polar surface area (TPSA) is 100 Å². The van der Waals surface area contributed by atoms with Gasteiger partial charge in [0.25, 0.3) is 0 Å². The minimum Gasteiger partial charge on any atom is -0.368 e. The molecule has 2 saturated heterocycles. The molecule has 0 bridgehead atoms. The van der Waals surface area contributed by atoms with Crippen LogP contribution in [0, 0.1) is 0 Å². The van der Waals surface area contributed by atoms with Crippen molar-refractivity contribution in [2.45, 2.75) is 32.2 Å². The largest absolute Gasteiger partial charge is 0.368 e. The predicted molar refractivity (Wildman–Crippen MR) is 80.1 cm³/mol. The molecule has 1 aromatic heterocycles. The Kier molecular flexibility index (Phi) is 3.76. The Bertz CT molecular complexity index is 529. The third-order valence-corrected chi connectivity index (χ3v) is 3.99. The first-order valence-corrected chi connectivity index (χ1v) is 7.50. The Balaban J connectivity index is 1.91. The predicted octanol–water partition coefficient (Wildman–Crippen LogP) is -0.231. The standard InChI is InChI=1S/C13H21N7O/c1-2-9-10(21)15-5-8-20(9)13-17-11(14)16-12(18-13)19-6-3-4-7-19/h9H,2-8H2,1H3,(H,15,21)(H2,14,16,17,18).